The Morgan fingerprint density at radius 1 is 1.55 bits per heavy atom. The summed E-state index contributed by atoms with van der Waals surface area (Å²) in [5, 5.41) is 0. The number of hydrogen-bond acceptors (Lipinski definition) is 2. The summed E-state index contributed by atoms with van der Waals surface area (Å²) in [4.78, 5) is 1.36. The first-order valence-electron chi connectivity index (χ1n) is 3.80. The molecule has 0 bridgehead atoms. The van der Waals surface area contributed by atoms with Crippen LogP contribution in [0.2, 0.25) is 0 Å². The van der Waals surface area contributed by atoms with Crippen LogP contribution in [0.4, 0.5) is 0 Å². The lowest BCUT2D eigenvalue weighted by molar-refractivity contribution is 0.833. The van der Waals surface area contributed by atoms with Crippen molar-refractivity contribution < 1.29 is 0 Å². The highest BCUT2D eigenvalue weighted by molar-refractivity contribution is 9.10. The van der Waals surface area contributed by atoms with E-state index in [0.717, 1.165) is 6.42 Å². The molecular formula is C8H12BrNS. The van der Waals surface area contributed by atoms with Crippen LogP contribution in [0, 0.1) is 0 Å². The van der Waals surface area contributed by atoms with Gasteiger partial charge in [-0.05, 0) is 39.8 Å². The fourth-order valence-electron chi connectivity index (χ4n) is 0.906. The highest BCUT2D eigenvalue weighted by Gasteiger charge is 2.11. The molecule has 0 unspecified atom stereocenters. The van der Waals surface area contributed by atoms with Gasteiger partial charge in [-0.1, -0.05) is 20.8 Å². The Bertz CT molecular complexity index is 242. The van der Waals surface area contributed by atoms with Crippen molar-refractivity contribution in [2.24, 2.45) is 0 Å². The van der Waals surface area contributed by atoms with E-state index in [1.54, 1.807) is 11.5 Å². The van der Waals surface area contributed by atoms with Crippen LogP contribution >= 0.6 is 27.5 Å². The third-order valence-corrected chi connectivity index (χ3v) is 3.74. The van der Waals surface area contributed by atoms with Gasteiger partial charge in [-0.3, -0.25) is 0 Å². The molecule has 1 heterocycles. The SMILES string of the molecule is CCc1snc(C(C)C)c1Br. The lowest BCUT2D eigenvalue weighted by Gasteiger charge is -1.99. The zero-order valence-corrected chi connectivity index (χ0v) is 9.42. The molecule has 3 heteroatoms. The molecule has 0 aliphatic carbocycles. The molecule has 11 heavy (non-hydrogen) atoms. The van der Waals surface area contributed by atoms with Gasteiger partial charge in [-0.15, -0.1) is 0 Å². The van der Waals surface area contributed by atoms with Gasteiger partial charge in [-0.2, -0.15) is 4.37 Å². The summed E-state index contributed by atoms with van der Waals surface area (Å²) < 4.78 is 5.60. The van der Waals surface area contributed by atoms with E-state index in [1.807, 2.05) is 0 Å². The molecule has 0 radical (unpaired) electrons. The maximum absolute atomic E-state index is 4.38. The van der Waals surface area contributed by atoms with Crippen LogP contribution in [-0.2, 0) is 6.42 Å². The van der Waals surface area contributed by atoms with E-state index in [1.165, 1.54) is 15.0 Å². The first-order valence-corrected chi connectivity index (χ1v) is 5.37. The summed E-state index contributed by atoms with van der Waals surface area (Å²) in [6.45, 7) is 6.49. The van der Waals surface area contributed by atoms with Gasteiger partial charge in [0, 0.05) is 4.88 Å². The molecule has 0 saturated heterocycles. The van der Waals surface area contributed by atoms with Crippen LogP contribution in [0.1, 0.15) is 37.3 Å². The highest BCUT2D eigenvalue weighted by atomic mass is 79.9. The molecule has 0 fully saturated rings. The van der Waals surface area contributed by atoms with Crippen LogP contribution < -0.4 is 0 Å². The standard InChI is InChI=1S/C8H12BrNS/c1-4-6-7(9)8(5(2)3)10-11-6/h5H,4H2,1-3H3. The van der Waals surface area contributed by atoms with Crippen molar-refractivity contribution in [3.05, 3.63) is 15.0 Å². The second-order valence-corrected chi connectivity index (χ2v) is 4.46. The van der Waals surface area contributed by atoms with E-state index in [-0.39, 0.29) is 0 Å². The lowest BCUT2D eigenvalue weighted by atomic mass is 10.1. The lowest BCUT2D eigenvalue weighted by Crippen LogP contribution is -1.87. The summed E-state index contributed by atoms with van der Waals surface area (Å²) in [5.41, 5.74) is 1.20. The largest absolute Gasteiger partial charge is 0.196 e. The molecule has 1 aromatic heterocycles. The van der Waals surface area contributed by atoms with Crippen LogP contribution in [0.3, 0.4) is 0 Å². The Morgan fingerprint density at radius 3 is 2.45 bits per heavy atom. The normalized spacial score (nSPS) is 11.0. The van der Waals surface area contributed by atoms with E-state index in [0.29, 0.717) is 5.92 Å². The number of aromatic nitrogens is 1. The first-order chi connectivity index (χ1) is 5.16. The predicted octanol–water partition coefficient (Wildman–Crippen LogP) is 3.59. The van der Waals surface area contributed by atoms with Gasteiger partial charge in [0.15, 0.2) is 0 Å². The maximum atomic E-state index is 4.38. The van der Waals surface area contributed by atoms with Crippen molar-refractivity contribution in [1.82, 2.24) is 4.37 Å². The molecule has 1 nitrogen and oxygen atoms in total. The molecule has 0 aliphatic rings. The first kappa shape index (κ1) is 9.20. The summed E-state index contributed by atoms with van der Waals surface area (Å²) in [6, 6.07) is 0. The van der Waals surface area contributed by atoms with Gasteiger partial charge in [-0.25, -0.2) is 0 Å². The average molecular weight is 234 g/mol. The van der Waals surface area contributed by atoms with Crippen molar-refractivity contribution >= 4 is 27.5 Å². The highest BCUT2D eigenvalue weighted by Crippen LogP contribution is 2.30. The number of nitrogens with zero attached hydrogens (tertiary/aromatic N) is 1. The van der Waals surface area contributed by atoms with Crippen molar-refractivity contribution in [3.63, 3.8) is 0 Å². The summed E-state index contributed by atoms with van der Waals surface area (Å²) in [6.07, 6.45) is 1.07. The van der Waals surface area contributed by atoms with Crippen LogP contribution in [0.15, 0.2) is 4.47 Å². The third kappa shape index (κ3) is 1.82. The van der Waals surface area contributed by atoms with E-state index >= 15 is 0 Å². The maximum Gasteiger partial charge on any atom is 0.0712 e. The van der Waals surface area contributed by atoms with E-state index in [9.17, 15) is 0 Å². The summed E-state index contributed by atoms with van der Waals surface area (Å²) in [7, 11) is 0. The molecule has 0 amide bonds. The average Bonchev–Trinajstić information content (AvgIpc) is 2.30. The smallest absolute Gasteiger partial charge is 0.0712 e. The summed E-state index contributed by atoms with van der Waals surface area (Å²) >= 11 is 5.17. The van der Waals surface area contributed by atoms with Gasteiger partial charge in [0.2, 0.25) is 0 Å². The van der Waals surface area contributed by atoms with Gasteiger partial charge in [0.25, 0.3) is 0 Å². The Balaban J connectivity index is 3.00. The Labute approximate surface area is 80.1 Å². The van der Waals surface area contributed by atoms with Crippen molar-refractivity contribution in [3.8, 4) is 0 Å². The minimum atomic E-state index is 0.529. The molecule has 62 valence electrons. The van der Waals surface area contributed by atoms with Gasteiger partial charge in [0.05, 0.1) is 10.2 Å². The minimum Gasteiger partial charge on any atom is -0.196 e. The van der Waals surface area contributed by atoms with Crippen molar-refractivity contribution in [1.29, 1.82) is 0 Å². The monoisotopic (exact) mass is 233 g/mol. The fourth-order valence-corrected chi connectivity index (χ4v) is 2.89. The van der Waals surface area contributed by atoms with Crippen LogP contribution in [0.5, 0.6) is 0 Å². The van der Waals surface area contributed by atoms with Crippen LogP contribution in [-0.4, -0.2) is 4.37 Å². The quantitative estimate of drug-likeness (QED) is 0.761. The molecule has 1 aromatic rings. The molecule has 1 rings (SSSR count). The summed E-state index contributed by atoms with van der Waals surface area (Å²) in [5.74, 6) is 0.529. The van der Waals surface area contributed by atoms with Gasteiger partial charge < -0.3 is 0 Å². The number of halogens is 1. The zero-order chi connectivity index (χ0) is 8.43. The van der Waals surface area contributed by atoms with Crippen LogP contribution in [0.25, 0.3) is 0 Å². The van der Waals surface area contributed by atoms with E-state index in [2.05, 4.69) is 41.1 Å². The van der Waals surface area contributed by atoms with Crippen molar-refractivity contribution in [2.75, 3.05) is 0 Å². The Kier molecular flexibility index (Phi) is 3.07. The van der Waals surface area contributed by atoms with E-state index < -0.39 is 0 Å². The molecular weight excluding hydrogens is 222 g/mol. The topological polar surface area (TPSA) is 12.9 Å². The molecule has 0 spiro atoms. The Morgan fingerprint density at radius 2 is 2.18 bits per heavy atom. The number of hydrogen-bond donors (Lipinski definition) is 0. The number of rotatable bonds is 2. The zero-order valence-electron chi connectivity index (χ0n) is 7.02. The predicted molar refractivity (Wildman–Crippen MR) is 53.3 cm³/mol. The number of aryl methyl sites for hydroxylation is 1. The van der Waals surface area contributed by atoms with Gasteiger partial charge >= 0.3 is 0 Å². The molecule has 0 aromatic carbocycles. The second kappa shape index (κ2) is 3.68. The molecule has 0 saturated carbocycles. The van der Waals surface area contributed by atoms with Crippen molar-refractivity contribution in [2.45, 2.75) is 33.1 Å². The molecule has 0 aliphatic heterocycles. The van der Waals surface area contributed by atoms with Gasteiger partial charge in [0.1, 0.15) is 0 Å². The Hall–Kier alpha value is 0.110. The second-order valence-electron chi connectivity index (χ2n) is 2.81. The molecule has 0 atom stereocenters. The molecule has 0 N–H and O–H groups in total. The van der Waals surface area contributed by atoms with E-state index in [4.69, 9.17) is 0 Å². The minimum absolute atomic E-state index is 0.529. The third-order valence-electron chi connectivity index (χ3n) is 1.59. The fraction of sp³-hybridized carbons (Fsp3) is 0.625.